The number of amides is 2. The summed E-state index contributed by atoms with van der Waals surface area (Å²) in [6.45, 7) is 5.34. The minimum absolute atomic E-state index is 0.115. The largest absolute Gasteiger partial charge is 0.445 e. The molecule has 2 amide bonds. The molecule has 0 bridgehead atoms. The molecule has 1 aliphatic rings. The summed E-state index contributed by atoms with van der Waals surface area (Å²) in [5.74, 6) is 0.0724. The van der Waals surface area contributed by atoms with Crippen LogP contribution in [0.3, 0.4) is 0 Å². The number of rotatable bonds is 8. The van der Waals surface area contributed by atoms with E-state index in [2.05, 4.69) is 10.6 Å². The maximum atomic E-state index is 12.2. The average Bonchev–Trinajstić information content (AvgIpc) is 3.35. The van der Waals surface area contributed by atoms with E-state index in [1.807, 2.05) is 44.2 Å². The fourth-order valence-corrected chi connectivity index (χ4v) is 2.13. The van der Waals surface area contributed by atoms with Gasteiger partial charge in [0.2, 0.25) is 5.91 Å². The summed E-state index contributed by atoms with van der Waals surface area (Å²) in [5.41, 5.74) is 0.901. The monoisotopic (exact) mass is 320 g/mol. The summed E-state index contributed by atoms with van der Waals surface area (Å²) in [6, 6.07) is 8.81. The van der Waals surface area contributed by atoms with Gasteiger partial charge in [0.25, 0.3) is 0 Å². The standard InChI is InChI=1S/C17H24N2O4/c1-12(2)8-15(16(20)18-9-14-11-22-14)19-17(21)23-10-13-6-4-3-5-7-13/h3-7,12,14-15H,8-11H2,1-2H3,(H,18,20)(H,19,21)/t14?,15-/m0/s1. The zero-order chi connectivity index (χ0) is 16.7. The van der Waals surface area contributed by atoms with E-state index in [0.717, 1.165) is 5.56 Å². The molecule has 1 aromatic rings. The molecule has 1 unspecified atom stereocenters. The third-order valence-electron chi connectivity index (χ3n) is 3.43. The van der Waals surface area contributed by atoms with E-state index >= 15 is 0 Å². The Morgan fingerprint density at radius 3 is 2.61 bits per heavy atom. The van der Waals surface area contributed by atoms with Crippen LogP contribution in [0.25, 0.3) is 0 Å². The Hall–Kier alpha value is -2.08. The molecule has 6 heteroatoms. The van der Waals surface area contributed by atoms with Crippen molar-refractivity contribution >= 4 is 12.0 Å². The van der Waals surface area contributed by atoms with Crippen LogP contribution in [0.1, 0.15) is 25.8 Å². The second-order valence-electron chi connectivity index (χ2n) is 6.09. The maximum absolute atomic E-state index is 12.2. The van der Waals surface area contributed by atoms with Crippen molar-refractivity contribution in [3.8, 4) is 0 Å². The number of carbonyl (C=O) groups excluding carboxylic acids is 2. The van der Waals surface area contributed by atoms with Crippen LogP contribution in [-0.2, 0) is 20.9 Å². The second kappa shape index (κ2) is 8.53. The molecule has 0 aromatic heterocycles. The van der Waals surface area contributed by atoms with E-state index in [1.54, 1.807) is 0 Å². The average molecular weight is 320 g/mol. The molecule has 0 spiro atoms. The summed E-state index contributed by atoms with van der Waals surface area (Å²) in [4.78, 5) is 24.1. The first-order valence-electron chi connectivity index (χ1n) is 7.91. The molecule has 0 saturated carbocycles. The lowest BCUT2D eigenvalue weighted by atomic mass is 10.0. The van der Waals surface area contributed by atoms with Crippen molar-refractivity contribution in [1.82, 2.24) is 10.6 Å². The Balaban J connectivity index is 1.80. The summed E-state index contributed by atoms with van der Waals surface area (Å²) >= 11 is 0. The normalized spacial score (nSPS) is 17.4. The summed E-state index contributed by atoms with van der Waals surface area (Å²) in [7, 11) is 0. The Labute approximate surface area is 136 Å². The Bertz CT molecular complexity index is 515. The molecule has 2 atom stereocenters. The van der Waals surface area contributed by atoms with Crippen LogP contribution in [-0.4, -0.2) is 37.3 Å². The Kier molecular flexibility index (Phi) is 6.40. The fourth-order valence-electron chi connectivity index (χ4n) is 2.13. The van der Waals surface area contributed by atoms with Crippen molar-refractivity contribution in [1.29, 1.82) is 0 Å². The van der Waals surface area contributed by atoms with E-state index in [0.29, 0.717) is 19.6 Å². The summed E-state index contributed by atoms with van der Waals surface area (Å²) in [5, 5.41) is 5.44. The minimum Gasteiger partial charge on any atom is -0.445 e. The van der Waals surface area contributed by atoms with E-state index in [1.165, 1.54) is 0 Å². The van der Waals surface area contributed by atoms with Crippen molar-refractivity contribution in [2.75, 3.05) is 13.2 Å². The smallest absolute Gasteiger partial charge is 0.408 e. The number of benzene rings is 1. The topological polar surface area (TPSA) is 80.0 Å². The third kappa shape index (κ3) is 6.69. The highest BCUT2D eigenvalue weighted by molar-refractivity contribution is 5.85. The lowest BCUT2D eigenvalue weighted by molar-refractivity contribution is -0.123. The van der Waals surface area contributed by atoms with E-state index < -0.39 is 12.1 Å². The molecule has 23 heavy (non-hydrogen) atoms. The molecule has 126 valence electrons. The predicted octanol–water partition coefficient (Wildman–Crippen LogP) is 1.84. The SMILES string of the molecule is CC(C)C[C@H](NC(=O)OCc1ccccc1)C(=O)NCC1CO1. The van der Waals surface area contributed by atoms with Crippen molar-refractivity contribution in [3.05, 3.63) is 35.9 Å². The van der Waals surface area contributed by atoms with E-state index in [-0.39, 0.29) is 24.5 Å². The van der Waals surface area contributed by atoms with E-state index in [9.17, 15) is 9.59 Å². The Morgan fingerprint density at radius 2 is 2.00 bits per heavy atom. The highest BCUT2D eigenvalue weighted by Gasteiger charge is 2.27. The van der Waals surface area contributed by atoms with Crippen LogP contribution in [0, 0.1) is 5.92 Å². The zero-order valence-corrected chi connectivity index (χ0v) is 13.6. The van der Waals surface area contributed by atoms with Crippen LogP contribution in [0.4, 0.5) is 4.79 Å². The number of ether oxygens (including phenoxy) is 2. The number of nitrogens with one attached hydrogen (secondary N) is 2. The van der Waals surface area contributed by atoms with Gasteiger partial charge in [-0.3, -0.25) is 4.79 Å². The summed E-state index contributed by atoms with van der Waals surface area (Å²) in [6.07, 6.45) is 0.0821. The minimum atomic E-state index is -0.600. The number of carbonyl (C=O) groups is 2. The van der Waals surface area contributed by atoms with Gasteiger partial charge in [-0.1, -0.05) is 44.2 Å². The molecule has 2 rings (SSSR count). The number of epoxide rings is 1. The summed E-state index contributed by atoms with van der Waals surface area (Å²) < 4.78 is 10.2. The van der Waals surface area contributed by atoms with Gasteiger partial charge in [-0.15, -0.1) is 0 Å². The first kappa shape index (κ1) is 17.3. The van der Waals surface area contributed by atoms with E-state index in [4.69, 9.17) is 9.47 Å². The molecular weight excluding hydrogens is 296 g/mol. The molecule has 1 aromatic carbocycles. The molecule has 1 fully saturated rings. The number of hydrogen-bond donors (Lipinski definition) is 2. The third-order valence-corrected chi connectivity index (χ3v) is 3.43. The molecule has 6 nitrogen and oxygen atoms in total. The zero-order valence-electron chi connectivity index (χ0n) is 13.6. The lowest BCUT2D eigenvalue weighted by Gasteiger charge is -2.19. The van der Waals surface area contributed by atoms with Crippen LogP contribution >= 0.6 is 0 Å². The van der Waals surface area contributed by atoms with Crippen LogP contribution in [0.2, 0.25) is 0 Å². The quantitative estimate of drug-likeness (QED) is 0.716. The molecule has 2 N–H and O–H groups in total. The van der Waals surface area contributed by atoms with Crippen LogP contribution < -0.4 is 10.6 Å². The van der Waals surface area contributed by atoms with Crippen molar-refractivity contribution in [3.63, 3.8) is 0 Å². The van der Waals surface area contributed by atoms with Gasteiger partial charge >= 0.3 is 6.09 Å². The molecule has 0 radical (unpaired) electrons. The number of hydrogen-bond acceptors (Lipinski definition) is 4. The van der Waals surface area contributed by atoms with Crippen molar-refractivity contribution < 1.29 is 19.1 Å². The molecule has 1 aliphatic heterocycles. The lowest BCUT2D eigenvalue weighted by Crippen LogP contribution is -2.48. The fraction of sp³-hybridized carbons (Fsp3) is 0.529. The van der Waals surface area contributed by atoms with Gasteiger partial charge in [0.15, 0.2) is 0 Å². The van der Waals surface area contributed by atoms with Gasteiger partial charge in [-0.25, -0.2) is 4.79 Å². The first-order chi connectivity index (χ1) is 11.0. The van der Waals surface area contributed by atoms with Crippen molar-refractivity contribution in [2.45, 2.75) is 39.0 Å². The maximum Gasteiger partial charge on any atom is 0.408 e. The van der Waals surface area contributed by atoms with Gasteiger partial charge < -0.3 is 20.1 Å². The van der Waals surface area contributed by atoms with Gasteiger partial charge in [0.1, 0.15) is 12.6 Å². The van der Waals surface area contributed by atoms with Crippen LogP contribution in [0.15, 0.2) is 30.3 Å². The predicted molar refractivity (Wildman–Crippen MR) is 85.8 cm³/mol. The molecular formula is C17H24N2O4. The van der Waals surface area contributed by atoms with Crippen molar-refractivity contribution in [2.24, 2.45) is 5.92 Å². The van der Waals surface area contributed by atoms with Gasteiger partial charge in [-0.2, -0.15) is 0 Å². The number of alkyl carbamates (subject to hydrolysis) is 1. The highest BCUT2D eigenvalue weighted by atomic mass is 16.6. The molecule has 1 heterocycles. The molecule has 0 aliphatic carbocycles. The molecule has 1 saturated heterocycles. The second-order valence-corrected chi connectivity index (χ2v) is 6.09. The van der Waals surface area contributed by atoms with Gasteiger partial charge in [-0.05, 0) is 17.9 Å². The van der Waals surface area contributed by atoms with Gasteiger partial charge in [0.05, 0.1) is 12.7 Å². The van der Waals surface area contributed by atoms with Crippen LogP contribution in [0.5, 0.6) is 0 Å². The van der Waals surface area contributed by atoms with Gasteiger partial charge in [0, 0.05) is 6.54 Å². The Morgan fingerprint density at radius 1 is 1.30 bits per heavy atom. The first-order valence-corrected chi connectivity index (χ1v) is 7.91. The highest BCUT2D eigenvalue weighted by Crippen LogP contribution is 2.09.